The highest BCUT2D eigenvalue weighted by molar-refractivity contribution is 8.11. The van der Waals surface area contributed by atoms with Gasteiger partial charge in [-0.3, -0.25) is 5.43 Å². The highest BCUT2D eigenvalue weighted by atomic mass is 32.4. The van der Waals surface area contributed by atoms with Crippen LogP contribution in [0.3, 0.4) is 0 Å². The van der Waals surface area contributed by atoms with Crippen molar-refractivity contribution in [2.75, 3.05) is 21.1 Å². The molecular weight excluding hydrogens is 279 g/mol. The maximum absolute atomic E-state index is 5.71. The van der Waals surface area contributed by atoms with Crippen molar-refractivity contribution in [1.29, 1.82) is 0 Å². The lowest BCUT2D eigenvalue weighted by Gasteiger charge is -2.44. The van der Waals surface area contributed by atoms with E-state index in [4.69, 9.17) is 11.8 Å². The molecular formula is C11H17N6PS. The number of hydrazone groups is 2. The minimum atomic E-state index is -2.24. The molecule has 0 saturated heterocycles. The van der Waals surface area contributed by atoms with Crippen LogP contribution in [0.25, 0.3) is 0 Å². The fourth-order valence-electron chi connectivity index (χ4n) is 1.82. The summed E-state index contributed by atoms with van der Waals surface area (Å²) in [6, 6.07) is 9.92. The Balaban J connectivity index is 2.39. The molecule has 1 aliphatic rings. The molecule has 19 heavy (non-hydrogen) atoms. The largest absolute Gasteiger partial charge is 0.294 e. The van der Waals surface area contributed by atoms with Gasteiger partial charge in [0, 0.05) is 33.4 Å². The molecule has 1 atom stereocenters. The van der Waals surface area contributed by atoms with Gasteiger partial charge >= 0.3 is 0 Å². The van der Waals surface area contributed by atoms with E-state index in [9.17, 15) is 0 Å². The summed E-state index contributed by atoms with van der Waals surface area (Å²) >= 11 is 5.71. The molecule has 8 heteroatoms. The number of nitrogens with zero attached hydrogens (tertiary/aromatic N) is 5. The first kappa shape index (κ1) is 14.0. The molecule has 6 nitrogen and oxygen atoms in total. The predicted molar refractivity (Wildman–Crippen MR) is 83.2 cm³/mol. The van der Waals surface area contributed by atoms with Crippen molar-refractivity contribution in [2.45, 2.75) is 0 Å². The van der Waals surface area contributed by atoms with E-state index >= 15 is 0 Å². The van der Waals surface area contributed by atoms with Gasteiger partial charge in [0.25, 0.3) is 0 Å². The molecule has 102 valence electrons. The first-order chi connectivity index (χ1) is 9.00. The average Bonchev–Trinajstić information content (AvgIpc) is 2.44. The van der Waals surface area contributed by atoms with Gasteiger partial charge in [-0.2, -0.15) is 15.0 Å². The second kappa shape index (κ2) is 5.28. The minimum absolute atomic E-state index is 0.767. The van der Waals surface area contributed by atoms with Crippen LogP contribution in [0.1, 0.15) is 5.56 Å². The van der Waals surface area contributed by atoms with Crippen LogP contribution in [0.15, 0.2) is 40.5 Å². The summed E-state index contributed by atoms with van der Waals surface area (Å²) in [4.78, 5) is 0. The Bertz CT molecular complexity index is 545. The first-order valence-electron chi connectivity index (χ1n) is 5.70. The van der Waals surface area contributed by atoms with Gasteiger partial charge in [-0.05, 0) is 11.8 Å². The van der Waals surface area contributed by atoms with E-state index < -0.39 is 6.49 Å². The second-order valence-corrected chi connectivity index (χ2v) is 8.34. The molecule has 0 spiro atoms. The molecule has 0 radical (unpaired) electrons. The zero-order valence-corrected chi connectivity index (χ0v) is 12.9. The van der Waals surface area contributed by atoms with Gasteiger partial charge < -0.3 is 0 Å². The van der Waals surface area contributed by atoms with Crippen LogP contribution in [-0.4, -0.2) is 48.0 Å². The number of hydrogen-bond donors (Lipinski definition) is 1. The van der Waals surface area contributed by atoms with Gasteiger partial charge in [-0.1, -0.05) is 30.3 Å². The van der Waals surface area contributed by atoms with Gasteiger partial charge in [-0.15, -0.1) is 0 Å². The van der Waals surface area contributed by atoms with Crippen LogP contribution in [0.5, 0.6) is 0 Å². The Hall–Kier alpha value is -1.43. The van der Waals surface area contributed by atoms with E-state index in [-0.39, 0.29) is 0 Å². The van der Waals surface area contributed by atoms with E-state index in [1.807, 2.05) is 56.3 Å². The number of rotatable bonds is 3. The van der Waals surface area contributed by atoms with Crippen LogP contribution in [0.4, 0.5) is 0 Å². The van der Waals surface area contributed by atoms with E-state index in [0.717, 1.165) is 11.4 Å². The lowest BCUT2D eigenvalue weighted by atomic mass is 10.2. The average molecular weight is 296 g/mol. The van der Waals surface area contributed by atoms with Crippen LogP contribution >= 0.6 is 6.49 Å². The molecule has 2 rings (SSSR count). The van der Waals surface area contributed by atoms with E-state index in [2.05, 4.69) is 22.3 Å². The summed E-state index contributed by atoms with van der Waals surface area (Å²) < 4.78 is 5.35. The van der Waals surface area contributed by atoms with Gasteiger partial charge in [0.2, 0.25) is 6.49 Å². The van der Waals surface area contributed by atoms with Crippen LogP contribution in [-0.2, 0) is 11.8 Å². The summed E-state index contributed by atoms with van der Waals surface area (Å²) in [6.45, 7) is 1.30. The third-order valence-electron chi connectivity index (χ3n) is 2.91. The van der Waals surface area contributed by atoms with E-state index in [1.165, 1.54) is 0 Å². The Morgan fingerprint density at radius 3 is 2.53 bits per heavy atom. The van der Waals surface area contributed by atoms with Gasteiger partial charge in [0.15, 0.2) is 5.84 Å². The number of benzene rings is 1. The SMILES string of the molecule is C=NN(C)P1(=S)N(C)N=C(c2ccccc2)NN1C. The van der Waals surface area contributed by atoms with Crippen LogP contribution in [0.2, 0.25) is 0 Å². The highest BCUT2D eigenvalue weighted by Crippen LogP contribution is 2.55. The Morgan fingerprint density at radius 1 is 1.37 bits per heavy atom. The predicted octanol–water partition coefficient (Wildman–Crippen LogP) is 1.50. The smallest absolute Gasteiger partial charge is 0.242 e. The normalized spacial score (nSPS) is 23.5. The lowest BCUT2D eigenvalue weighted by Crippen LogP contribution is -2.48. The molecule has 1 heterocycles. The Kier molecular flexibility index (Phi) is 3.89. The van der Waals surface area contributed by atoms with Crippen molar-refractivity contribution in [3.05, 3.63) is 35.9 Å². The molecule has 0 bridgehead atoms. The van der Waals surface area contributed by atoms with Crippen molar-refractivity contribution in [1.82, 2.24) is 19.8 Å². The fraction of sp³-hybridized carbons (Fsp3) is 0.273. The quantitative estimate of drug-likeness (QED) is 0.520. The van der Waals surface area contributed by atoms with Crippen molar-refractivity contribution in [3.8, 4) is 0 Å². The molecule has 0 aromatic heterocycles. The number of hydrazine groups is 1. The molecule has 1 N–H and O–H groups in total. The van der Waals surface area contributed by atoms with E-state index in [0.29, 0.717) is 0 Å². The zero-order valence-electron chi connectivity index (χ0n) is 11.2. The molecule has 0 aliphatic carbocycles. The monoisotopic (exact) mass is 296 g/mol. The van der Waals surface area contributed by atoms with Crippen molar-refractivity contribution in [3.63, 3.8) is 0 Å². The topological polar surface area (TPSA) is 46.5 Å². The molecule has 1 unspecified atom stereocenters. The molecule has 1 aromatic rings. The third-order valence-corrected chi connectivity index (χ3v) is 7.67. The Morgan fingerprint density at radius 2 is 2.00 bits per heavy atom. The fourth-order valence-corrected chi connectivity index (χ4v) is 3.95. The van der Waals surface area contributed by atoms with Gasteiger partial charge in [0.1, 0.15) is 0 Å². The van der Waals surface area contributed by atoms with Crippen LogP contribution < -0.4 is 5.43 Å². The van der Waals surface area contributed by atoms with E-state index in [1.54, 1.807) is 9.56 Å². The third kappa shape index (κ3) is 2.36. The molecule has 0 amide bonds. The number of amidine groups is 1. The summed E-state index contributed by atoms with van der Waals surface area (Å²) in [6.07, 6.45) is 0. The van der Waals surface area contributed by atoms with Crippen LogP contribution in [0, 0.1) is 0 Å². The van der Waals surface area contributed by atoms with Crippen molar-refractivity contribution < 1.29 is 0 Å². The maximum Gasteiger partial charge on any atom is 0.242 e. The summed E-state index contributed by atoms with van der Waals surface area (Å²) in [5, 5.41) is 8.46. The maximum atomic E-state index is 5.71. The van der Waals surface area contributed by atoms with Crippen molar-refractivity contribution in [2.24, 2.45) is 10.2 Å². The lowest BCUT2D eigenvalue weighted by molar-refractivity contribution is 0.358. The molecule has 0 fully saturated rings. The highest BCUT2D eigenvalue weighted by Gasteiger charge is 2.36. The second-order valence-electron chi connectivity index (χ2n) is 4.08. The molecule has 1 aliphatic heterocycles. The standard InChI is InChI=1S/C11H17N6PS/c1-12-15(2)18(19)16(3)13-11(14-17(18)4)10-8-6-5-7-9-10/h5-9H,1H2,2-4H3,(H,13,14). The first-order valence-corrected chi connectivity index (χ1v) is 8.36. The van der Waals surface area contributed by atoms with Gasteiger partial charge in [-0.25, -0.2) is 9.56 Å². The van der Waals surface area contributed by atoms with Crippen molar-refractivity contribution >= 4 is 30.8 Å². The zero-order chi connectivity index (χ0) is 14.0. The number of nitrogens with one attached hydrogen (secondary N) is 1. The summed E-state index contributed by atoms with van der Waals surface area (Å²) in [7, 11) is 5.57. The molecule has 1 aromatic carbocycles. The summed E-state index contributed by atoms with van der Waals surface area (Å²) in [5.74, 6) is 0.767. The van der Waals surface area contributed by atoms with Gasteiger partial charge in [0.05, 0.1) is 0 Å². The summed E-state index contributed by atoms with van der Waals surface area (Å²) in [5.41, 5.74) is 4.24. The Labute approximate surface area is 118 Å². The minimum Gasteiger partial charge on any atom is -0.294 e. The number of hydrogen-bond acceptors (Lipinski definition) is 4. The molecule has 0 saturated carbocycles.